The summed E-state index contributed by atoms with van der Waals surface area (Å²) < 4.78 is 0. The second-order valence-corrected chi connectivity index (χ2v) is 1.63. The Bertz CT molecular complexity index is 88.2. The molecule has 0 bridgehead atoms. The molecule has 7 heavy (non-hydrogen) atoms. The third-order valence-electron chi connectivity index (χ3n) is 0.905. The SMILES string of the molecule is [CH2]CC(=C)C(=C)C. The highest BCUT2D eigenvalue weighted by atomic mass is 13.9. The summed E-state index contributed by atoms with van der Waals surface area (Å²) in [4.78, 5) is 0. The summed E-state index contributed by atoms with van der Waals surface area (Å²) in [5.41, 5.74) is 2.08. The van der Waals surface area contributed by atoms with Crippen LogP contribution in [0.4, 0.5) is 0 Å². The standard InChI is InChI=1S/C7H11/c1-5-7(4)6(2)3/h1-2,4-5H2,3H3. The highest BCUT2D eigenvalue weighted by Crippen LogP contribution is 2.05. The molecule has 0 fully saturated rings. The first-order valence-electron chi connectivity index (χ1n) is 2.31. The minimum Gasteiger partial charge on any atom is -0.0959 e. The molecule has 0 atom stereocenters. The van der Waals surface area contributed by atoms with Gasteiger partial charge < -0.3 is 0 Å². The van der Waals surface area contributed by atoms with Gasteiger partial charge in [0.2, 0.25) is 0 Å². The summed E-state index contributed by atoms with van der Waals surface area (Å²) >= 11 is 0. The lowest BCUT2D eigenvalue weighted by molar-refractivity contribution is 1.23. The Morgan fingerprint density at radius 3 is 1.86 bits per heavy atom. The van der Waals surface area contributed by atoms with Crippen LogP contribution in [0.2, 0.25) is 0 Å². The van der Waals surface area contributed by atoms with Crippen LogP contribution in [0.25, 0.3) is 0 Å². The molecule has 0 aromatic rings. The maximum Gasteiger partial charge on any atom is -0.0282 e. The van der Waals surface area contributed by atoms with Gasteiger partial charge in [0.25, 0.3) is 0 Å². The summed E-state index contributed by atoms with van der Waals surface area (Å²) in [6.45, 7) is 13.0. The lowest BCUT2D eigenvalue weighted by atomic mass is 10.1. The maximum atomic E-state index is 3.71. The number of rotatable bonds is 2. The molecule has 39 valence electrons. The van der Waals surface area contributed by atoms with Crippen LogP contribution in [-0.2, 0) is 0 Å². The van der Waals surface area contributed by atoms with Crippen molar-refractivity contribution in [2.75, 3.05) is 0 Å². The molecule has 0 rings (SSSR count). The smallest absolute Gasteiger partial charge is 0.0282 e. The second-order valence-electron chi connectivity index (χ2n) is 1.63. The zero-order chi connectivity index (χ0) is 5.86. The van der Waals surface area contributed by atoms with Crippen molar-refractivity contribution in [3.63, 3.8) is 0 Å². The highest BCUT2D eigenvalue weighted by molar-refractivity contribution is 5.22. The molecule has 0 heterocycles. The van der Waals surface area contributed by atoms with E-state index in [1.54, 1.807) is 0 Å². The van der Waals surface area contributed by atoms with Crippen LogP contribution in [0.15, 0.2) is 24.3 Å². The Morgan fingerprint density at radius 2 is 1.86 bits per heavy atom. The Hall–Kier alpha value is -0.520. The molecule has 0 aromatic heterocycles. The van der Waals surface area contributed by atoms with E-state index in [9.17, 15) is 0 Å². The molecule has 0 saturated heterocycles. The predicted octanol–water partition coefficient (Wildman–Crippen LogP) is 2.34. The Kier molecular flexibility index (Phi) is 2.42. The molecule has 0 aromatic carbocycles. The van der Waals surface area contributed by atoms with Gasteiger partial charge in [-0.15, -0.1) is 0 Å². The van der Waals surface area contributed by atoms with E-state index in [-0.39, 0.29) is 0 Å². The average molecular weight is 95.2 g/mol. The Balaban J connectivity index is 3.58. The van der Waals surface area contributed by atoms with E-state index in [2.05, 4.69) is 20.1 Å². The summed E-state index contributed by atoms with van der Waals surface area (Å²) in [7, 11) is 0. The number of hydrogen-bond acceptors (Lipinski definition) is 0. The van der Waals surface area contributed by atoms with E-state index in [1.165, 1.54) is 0 Å². The first-order valence-corrected chi connectivity index (χ1v) is 2.31. The summed E-state index contributed by atoms with van der Waals surface area (Å²) in [5.74, 6) is 0. The van der Waals surface area contributed by atoms with E-state index in [0.29, 0.717) is 0 Å². The van der Waals surface area contributed by atoms with Crippen molar-refractivity contribution in [3.05, 3.63) is 31.2 Å². The monoisotopic (exact) mass is 95.1 g/mol. The predicted molar refractivity (Wildman–Crippen MR) is 33.9 cm³/mol. The van der Waals surface area contributed by atoms with Crippen LogP contribution in [0, 0.1) is 6.92 Å². The van der Waals surface area contributed by atoms with Crippen molar-refractivity contribution in [1.29, 1.82) is 0 Å². The van der Waals surface area contributed by atoms with Gasteiger partial charge in [-0.1, -0.05) is 24.3 Å². The van der Waals surface area contributed by atoms with Crippen molar-refractivity contribution in [3.8, 4) is 0 Å². The fourth-order valence-corrected chi connectivity index (χ4v) is 0.213. The first kappa shape index (κ1) is 6.48. The van der Waals surface area contributed by atoms with Crippen LogP contribution in [-0.4, -0.2) is 0 Å². The van der Waals surface area contributed by atoms with Crippen molar-refractivity contribution in [2.45, 2.75) is 13.3 Å². The molecule has 0 N–H and O–H groups in total. The Labute approximate surface area is 45.5 Å². The largest absolute Gasteiger partial charge is 0.0959 e. The van der Waals surface area contributed by atoms with Crippen LogP contribution >= 0.6 is 0 Å². The third-order valence-corrected chi connectivity index (χ3v) is 0.905. The van der Waals surface area contributed by atoms with Crippen molar-refractivity contribution >= 4 is 0 Å². The van der Waals surface area contributed by atoms with E-state index >= 15 is 0 Å². The quantitative estimate of drug-likeness (QED) is 0.462. The molecule has 0 nitrogen and oxygen atoms in total. The molecule has 0 unspecified atom stereocenters. The minimum absolute atomic E-state index is 0.773. The lowest BCUT2D eigenvalue weighted by Gasteiger charge is -1.95. The van der Waals surface area contributed by atoms with Crippen LogP contribution < -0.4 is 0 Å². The molecule has 0 spiro atoms. The topological polar surface area (TPSA) is 0 Å². The van der Waals surface area contributed by atoms with Crippen LogP contribution in [0.3, 0.4) is 0 Å². The fraction of sp³-hybridized carbons (Fsp3) is 0.286. The molecule has 0 saturated carbocycles. The van der Waals surface area contributed by atoms with E-state index < -0.39 is 0 Å². The summed E-state index contributed by atoms with van der Waals surface area (Å²) in [6, 6.07) is 0. The number of hydrogen-bond donors (Lipinski definition) is 0. The van der Waals surface area contributed by atoms with Gasteiger partial charge in [-0.2, -0.15) is 0 Å². The van der Waals surface area contributed by atoms with Gasteiger partial charge >= 0.3 is 0 Å². The molecule has 0 aliphatic rings. The van der Waals surface area contributed by atoms with E-state index in [0.717, 1.165) is 17.6 Å². The first-order chi connectivity index (χ1) is 3.18. The zero-order valence-electron chi connectivity index (χ0n) is 4.83. The van der Waals surface area contributed by atoms with Crippen LogP contribution in [0.1, 0.15) is 13.3 Å². The van der Waals surface area contributed by atoms with Crippen molar-refractivity contribution in [2.24, 2.45) is 0 Å². The molecule has 0 heteroatoms. The average Bonchev–Trinajstić information content (AvgIpc) is 1.65. The molecule has 1 radical (unpaired) electrons. The van der Waals surface area contributed by atoms with Crippen molar-refractivity contribution in [1.82, 2.24) is 0 Å². The second kappa shape index (κ2) is 2.62. The van der Waals surface area contributed by atoms with Gasteiger partial charge in [-0.25, -0.2) is 0 Å². The summed E-state index contributed by atoms with van der Waals surface area (Å²) in [6.07, 6.45) is 0.773. The molecule has 0 aliphatic heterocycles. The summed E-state index contributed by atoms with van der Waals surface area (Å²) in [5, 5.41) is 0. The molecular weight excluding hydrogens is 84.1 g/mol. The van der Waals surface area contributed by atoms with Gasteiger partial charge in [0, 0.05) is 0 Å². The zero-order valence-corrected chi connectivity index (χ0v) is 4.83. The van der Waals surface area contributed by atoms with E-state index in [4.69, 9.17) is 0 Å². The van der Waals surface area contributed by atoms with Crippen LogP contribution in [0.5, 0.6) is 0 Å². The minimum atomic E-state index is 0.773. The van der Waals surface area contributed by atoms with Gasteiger partial charge in [-0.3, -0.25) is 0 Å². The van der Waals surface area contributed by atoms with Gasteiger partial charge in [0.15, 0.2) is 0 Å². The third kappa shape index (κ3) is 2.21. The normalized spacial score (nSPS) is 8.29. The van der Waals surface area contributed by atoms with E-state index in [1.807, 2.05) is 6.92 Å². The molecule has 0 amide bonds. The van der Waals surface area contributed by atoms with Crippen molar-refractivity contribution < 1.29 is 0 Å². The maximum absolute atomic E-state index is 3.71. The lowest BCUT2D eigenvalue weighted by Crippen LogP contribution is -1.75. The molecule has 0 aliphatic carbocycles. The fourth-order valence-electron chi connectivity index (χ4n) is 0.213. The van der Waals surface area contributed by atoms with Gasteiger partial charge in [0.05, 0.1) is 0 Å². The van der Waals surface area contributed by atoms with Gasteiger partial charge in [-0.05, 0) is 20.3 Å². The highest BCUT2D eigenvalue weighted by Gasteiger charge is 1.85. The molecular formula is C7H11. The van der Waals surface area contributed by atoms with Gasteiger partial charge in [0.1, 0.15) is 0 Å². The number of allylic oxidation sites excluding steroid dienone is 2. The Morgan fingerprint density at radius 1 is 1.43 bits per heavy atom.